The highest BCUT2D eigenvalue weighted by Crippen LogP contribution is 2.18. The van der Waals surface area contributed by atoms with Gasteiger partial charge in [0.05, 0.1) is 11.5 Å². The van der Waals surface area contributed by atoms with E-state index in [-0.39, 0.29) is 11.5 Å². The lowest BCUT2D eigenvalue weighted by atomic mass is 10.1. The van der Waals surface area contributed by atoms with E-state index in [9.17, 15) is 8.42 Å². The Morgan fingerprint density at radius 3 is 2.55 bits per heavy atom. The predicted molar refractivity (Wildman–Crippen MR) is 81.0 cm³/mol. The number of benzene rings is 1. The zero-order chi connectivity index (χ0) is 15.2. The minimum atomic E-state index is -3.49. The fraction of sp³-hybridized carbons (Fsp3) is 0.600. The largest absolute Gasteiger partial charge is 0.392 e. The van der Waals surface area contributed by atoms with Gasteiger partial charge in [-0.25, -0.2) is 13.1 Å². The highest BCUT2D eigenvalue weighted by atomic mass is 32.2. The van der Waals surface area contributed by atoms with Gasteiger partial charge in [0.2, 0.25) is 10.0 Å². The Morgan fingerprint density at radius 2 is 2.00 bits per heavy atom. The molecule has 0 amide bonds. The number of aryl methyl sites for hydroxylation is 1. The van der Waals surface area contributed by atoms with Crippen molar-refractivity contribution in [1.29, 1.82) is 0 Å². The van der Waals surface area contributed by atoms with Crippen molar-refractivity contribution in [2.75, 3.05) is 6.54 Å². The first-order valence-electron chi connectivity index (χ1n) is 7.13. The molecule has 0 aromatic heterocycles. The molecule has 1 aromatic rings. The molecule has 5 heteroatoms. The van der Waals surface area contributed by atoms with Crippen LogP contribution in [0.5, 0.6) is 0 Å². The van der Waals surface area contributed by atoms with Gasteiger partial charge in [-0.2, -0.15) is 0 Å². The molecule has 0 aliphatic heterocycles. The van der Waals surface area contributed by atoms with Crippen LogP contribution in [-0.2, 0) is 23.1 Å². The minimum absolute atomic E-state index is 0.153. The van der Waals surface area contributed by atoms with Gasteiger partial charge >= 0.3 is 0 Å². The Labute approximate surface area is 122 Å². The van der Waals surface area contributed by atoms with Gasteiger partial charge in [-0.1, -0.05) is 32.9 Å². The Balaban J connectivity index is 2.85. The fourth-order valence-electron chi connectivity index (χ4n) is 2.03. The van der Waals surface area contributed by atoms with E-state index in [1.807, 2.05) is 6.92 Å². The molecule has 0 aliphatic rings. The molecule has 0 unspecified atom stereocenters. The minimum Gasteiger partial charge on any atom is -0.392 e. The Hall–Kier alpha value is -0.910. The summed E-state index contributed by atoms with van der Waals surface area (Å²) in [7, 11) is -3.49. The van der Waals surface area contributed by atoms with Crippen LogP contribution in [0, 0.1) is 5.92 Å². The number of hydrogen-bond acceptors (Lipinski definition) is 3. The third-order valence-corrected chi connectivity index (χ3v) is 4.78. The van der Waals surface area contributed by atoms with Crippen LogP contribution in [0.3, 0.4) is 0 Å². The molecular weight excluding hydrogens is 274 g/mol. The molecule has 0 saturated carbocycles. The van der Waals surface area contributed by atoms with Crippen molar-refractivity contribution in [3.8, 4) is 0 Å². The van der Waals surface area contributed by atoms with E-state index in [0.29, 0.717) is 24.4 Å². The van der Waals surface area contributed by atoms with E-state index in [0.717, 1.165) is 18.4 Å². The van der Waals surface area contributed by atoms with Gasteiger partial charge in [0.25, 0.3) is 0 Å². The molecule has 1 aromatic carbocycles. The zero-order valence-electron chi connectivity index (χ0n) is 12.5. The van der Waals surface area contributed by atoms with E-state index in [1.165, 1.54) is 0 Å². The number of aliphatic hydroxyl groups is 1. The average molecular weight is 299 g/mol. The summed E-state index contributed by atoms with van der Waals surface area (Å²) in [5.41, 5.74) is 1.39. The lowest BCUT2D eigenvalue weighted by Crippen LogP contribution is -2.26. The third-order valence-electron chi connectivity index (χ3n) is 3.23. The lowest BCUT2D eigenvalue weighted by molar-refractivity contribution is 0.281. The number of nitrogens with one attached hydrogen (secondary N) is 1. The van der Waals surface area contributed by atoms with E-state index < -0.39 is 10.0 Å². The smallest absolute Gasteiger partial charge is 0.240 e. The second-order valence-electron chi connectivity index (χ2n) is 5.39. The van der Waals surface area contributed by atoms with Gasteiger partial charge in [0, 0.05) is 6.54 Å². The van der Waals surface area contributed by atoms with Crippen LogP contribution in [0.2, 0.25) is 0 Å². The Bertz CT molecular complexity index is 524. The summed E-state index contributed by atoms with van der Waals surface area (Å²) in [5, 5.41) is 9.15. The summed E-state index contributed by atoms with van der Waals surface area (Å²) in [6.07, 6.45) is 2.48. The van der Waals surface area contributed by atoms with Crippen molar-refractivity contribution >= 4 is 10.0 Å². The summed E-state index contributed by atoms with van der Waals surface area (Å²) >= 11 is 0. The summed E-state index contributed by atoms with van der Waals surface area (Å²) < 4.78 is 27.3. The quantitative estimate of drug-likeness (QED) is 0.725. The Morgan fingerprint density at radius 1 is 1.30 bits per heavy atom. The van der Waals surface area contributed by atoms with Gasteiger partial charge in [-0.3, -0.25) is 0 Å². The van der Waals surface area contributed by atoms with Crippen molar-refractivity contribution < 1.29 is 13.5 Å². The zero-order valence-corrected chi connectivity index (χ0v) is 13.3. The first-order chi connectivity index (χ1) is 9.40. The molecule has 4 nitrogen and oxygen atoms in total. The van der Waals surface area contributed by atoms with Crippen LogP contribution in [0.4, 0.5) is 0 Å². The number of sulfonamides is 1. The number of hydrogen-bond donors (Lipinski definition) is 2. The number of aliphatic hydroxyl groups excluding tert-OH is 1. The molecule has 2 N–H and O–H groups in total. The summed E-state index contributed by atoms with van der Waals surface area (Å²) in [6.45, 7) is 6.46. The normalized spacial score (nSPS) is 12.1. The SMILES string of the molecule is CCc1ccc(CO)cc1S(=O)(=O)NCCCC(C)C. The van der Waals surface area contributed by atoms with Crippen molar-refractivity contribution in [3.05, 3.63) is 29.3 Å². The molecule has 0 fully saturated rings. The van der Waals surface area contributed by atoms with Gasteiger partial charge in [0.1, 0.15) is 0 Å². The van der Waals surface area contributed by atoms with E-state index in [1.54, 1.807) is 18.2 Å². The second-order valence-corrected chi connectivity index (χ2v) is 7.12. The van der Waals surface area contributed by atoms with E-state index in [4.69, 9.17) is 5.11 Å². The molecule has 0 bridgehead atoms. The molecule has 0 radical (unpaired) electrons. The maximum Gasteiger partial charge on any atom is 0.240 e. The summed E-state index contributed by atoms with van der Waals surface area (Å²) in [4.78, 5) is 0.288. The van der Waals surface area contributed by atoms with Crippen LogP contribution in [0.1, 0.15) is 44.7 Å². The maximum absolute atomic E-state index is 12.3. The molecule has 0 spiro atoms. The summed E-state index contributed by atoms with van der Waals surface area (Å²) in [5.74, 6) is 0.573. The highest BCUT2D eigenvalue weighted by molar-refractivity contribution is 7.89. The van der Waals surface area contributed by atoms with E-state index >= 15 is 0 Å². The topological polar surface area (TPSA) is 66.4 Å². The van der Waals surface area contributed by atoms with Crippen molar-refractivity contribution in [2.24, 2.45) is 5.92 Å². The molecular formula is C15H25NO3S. The molecule has 114 valence electrons. The van der Waals surface area contributed by atoms with Crippen LogP contribution < -0.4 is 4.72 Å². The van der Waals surface area contributed by atoms with Crippen LogP contribution >= 0.6 is 0 Å². The number of rotatable bonds is 8. The van der Waals surface area contributed by atoms with Gasteiger partial charge in [-0.15, -0.1) is 0 Å². The highest BCUT2D eigenvalue weighted by Gasteiger charge is 2.17. The van der Waals surface area contributed by atoms with Crippen LogP contribution in [0.25, 0.3) is 0 Å². The van der Waals surface area contributed by atoms with Crippen molar-refractivity contribution in [2.45, 2.75) is 51.5 Å². The summed E-state index contributed by atoms with van der Waals surface area (Å²) in [6, 6.07) is 5.09. The monoisotopic (exact) mass is 299 g/mol. The first-order valence-corrected chi connectivity index (χ1v) is 8.61. The average Bonchev–Trinajstić information content (AvgIpc) is 2.42. The molecule has 0 atom stereocenters. The molecule has 20 heavy (non-hydrogen) atoms. The maximum atomic E-state index is 12.3. The Kier molecular flexibility index (Phi) is 6.65. The van der Waals surface area contributed by atoms with Crippen LogP contribution in [0.15, 0.2) is 23.1 Å². The predicted octanol–water partition coefficient (Wildman–Crippen LogP) is 2.46. The lowest BCUT2D eigenvalue weighted by Gasteiger charge is -2.12. The third kappa shape index (κ3) is 4.89. The van der Waals surface area contributed by atoms with E-state index in [2.05, 4.69) is 18.6 Å². The van der Waals surface area contributed by atoms with Crippen LogP contribution in [-0.4, -0.2) is 20.1 Å². The molecule has 1 rings (SSSR count). The fourth-order valence-corrected chi connectivity index (χ4v) is 3.47. The second kappa shape index (κ2) is 7.76. The first kappa shape index (κ1) is 17.1. The van der Waals surface area contributed by atoms with Crippen molar-refractivity contribution in [1.82, 2.24) is 4.72 Å². The molecule has 0 saturated heterocycles. The standard InChI is InChI=1S/C15H25NO3S/c1-4-14-8-7-13(11-17)10-15(14)20(18,19)16-9-5-6-12(2)3/h7-8,10,12,16-17H,4-6,9,11H2,1-3H3. The van der Waals surface area contributed by atoms with Crippen molar-refractivity contribution in [3.63, 3.8) is 0 Å². The molecule has 0 aliphatic carbocycles. The molecule has 0 heterocycles. The van der Waals surface area contributed by atoms with Gasteiger partial charge in [-0.05, 0) is 42.4 Å². The van der Waals surface area contributed by atoms with Gasteiger partial charge < -0.3 is 5.11 Å². The van der Waals surface area contributed by atoms with Gasteiger partial charge in [0.15, 0.2) is 0 Å².